The lowest BCUT2D eigenvalue weighted by molar-refractivity contribution is -0.132. The Labute approximate surface area is 225 Å². The first kappa shape index (κ1) is 25.5. The average molecular weight is 529 g/mol. The van der Waals surface area contributed by atoms with E-state index < -0.39 is 17.7 Å². The number of amides is 1. The van der Waals surface area contributed by atoms with Crippen molar-refractivity contribution in [2.24, 2.45) is 0 Å². The van der Waals surface area contributed by atoms with Crippen molar-refractivity contribution in [1.82, 2.24) is 4.98 Å². The number of aliphatic hydroxyl groups is 1. The van der Waals surface area contributed by atoms with Crippen molar-refractivity contribution in [1.29, 1.82) is 0 Å². The molecule has 0 bridgehead atoms. The molecule has 2 heterocycles. The Morgan fingerprint density at radius 3 is 2.34 bits per heavy atom. The highest BCUT2D eigenvalue weighted by Crippen LogP contribution is 2.45. The van der Waals surface area contributed by atoms with Gasteiger partial charge in [-0.2, -0.15) is 0 Å². The summed E-state index contributed by atoms with van der Waals surface area (Å²) < 4.78 is 11.7. The van der Waals surface area contributed by atoms with Crippen molar-refractivity contribution in [3.63, 3.8) is 0 Å². The first-order valence-electron chi connectivity index (χ1n) is 12.4. The van der Waals surface area contributed by atoms with E-state index in [9.17, 15) is 14.7 Å². The number of benzene rings is 3. The molecule has 0 saturated carbocycles. The highest BCUT2D eigenvalue weighted by Gasteiger charge is 2.48. The Kier molecular flexibility index (Phi) is 6.91. The van der Waals surface area contributed by atoms with Crippen LogP contribution in [0.5, 0.6) is 11.5 Å². The fraction of sp³-hybridized carbons (Fsp3) is 0.233. The van der Waals surface area contributed by atoms with Crippen LogP contribution in [0.15, 0.2) is 72.3 Å². The van der Waals surface area contributed by atoms with Crippen LogP contribution in [0, 0.1) is 0 Å². The normalized spacial score (nSPS) is 17.0. The molecule has 3 aromatic carbocycles. The number of Topliss-reactive ketones (excluding diaryl/α,β-unsaturated/α-hetero) is 1. The smallest absolute Gasteiger partial charge is 0.301 e. The fourth-order valence-electron chi connectivity index (χ4n) is 4.57. The predicted molar refractivity (Wildman–Crippen MR) is 149 cm³/mol. The number of fused-ring (bicyclic) bond motifs is 1. The minimum absolute atomic E-state index is 0.0201. The number of rotatable bonds is 7. The topological polar surface area (TPSA) is 89.0 Å². The van der Waals surface area contributed by atoms with Crippen molar-refractivity contribution in [2.45, 2.75) is 32.7 Å². The quantitative estimate of drug-likeness (QED) is 0.168. The number of methoxy groups -OCH3 is 1. The van der Waals surface area contributed by atoms with Gasteiger partial charge in [-0.25, -0.2) is 4.98 Å². The van der Waals surface area contributed by atoms with Crippen LogP contribution in [0.1, 0.15) is 49.4 Å². The molecule has 0 spiro atoms. The van der Waals surface area contributed by atoms with Crippen molar-refractivity contribution in [3.05, 3.63) is 89.0 Å². The van der Waals surface area contributed by atoms with Gasteiger partial charge in [0.25, 0.3) is 5.78 Å². The van der Waals surface area contributed by atoms with Gasteiger partial charge in [0.1, 0.15) is 17.3 Å². The second kappa shape index (κ2) is 10.3. The lowest BCUT2D eigenvalue weighted by Crippen LogP contribution is -2.29. The summed E-state index contributed by atoms with van der Waals surface area (Å²) in [6.45, 7) is 6.64. The maximum Gasteiger partial charge on any atom is 0.301 e. The van der Waals surface area contributed by atoms with Crippen molar-refractivity contribution >= 4 is 44.1 Å². The van der Waals surface area contributed by atoms with E-state index in [1.807, 2.05) is 49.4 Å². The van der Waals surface area contributed by atoms with Gasteiger partial charge in [0.15, 0.2) is 5.13 Å². The summed E-state index contributed by atoms with van der Waals surface area (Å²) in [5.74, 6) is -0.0985. The van der Waals surface area contributed by atoms with E-state index in [0.717, 1.165) is 10.3 Å². The first-order valence-corrected chi connectivity index (χ1v) is 13.2. The molecule has 8 heteroatoms. The summed E-state index contributed by atoms with van der Waals surface area (Å²) in [4.78, 5) is 33.1. The van der Waals surface area contributed by atoms with Crippen LogP contribution in [0.25, 0.3) is 16.0 Å². The zero-order valence-corrected chi connectivity index (χ0v) is 22.4. The molecule has 1 aromatic heterocycles. The third-order valence-corrected chi connectivity index (χ3v) is 7.61. The number of nitrogens with zero attached hydrogens (tertiary/aromatic N) is 2. The minimum atomic E-state index is -0.842. The lowest BCUT2D eigenvalue weighted by Gasteiger charge is -2.23. The van der Waals surface area contributed by atoms with E-state index in [2.05, 4.69) is 18.8 Å². The van der Waals surface area contributed by atoms with Crippen LogP contribution in [0.4, 0.5) is 5.13 Å². The molecule has 1 fully saturated rings. The number of anilines is 1. The van der Waals surface area contributed by atoms with Gasteiger partial charge in [0.05, 0.1) is 35.5 Å². The van der Waals surface area contributed by atoms with Gasteiger partial charge in [-0.05, 0) is 66.4 Å². The number of hydrogen-bond donors (Lipinski definition) is 1. The summed E-state index contributed by atoms with van der Waals surface area (Å²) in [6, 6.07) is 19.2. The third kappa shape index (κ3) is 4.52. The number of thiazole rings is 1. The van der Waals surface area contributed by atoms with Crippen LogP contribution in [-0.2, 0) is 9.59 Å². The van der Waals surface area contributed by atoms with Gasteiger partial charge in [-0.15, -0.1) is 0 Å². The molecule has 0 aliphatic carbocycles. The van der Waals surface area contributed by atoms with E-state index in [4.69, 9.17) is 9.47 Å². The molecule has 4 aromatic rings. The number of aromatic nitrogens is 1. The van der Waals surface area contributed by atoms with Gasteiger partial charge in [-0.1, -0.05) is 49.4 Å². The Bertz CT molecular complexity index is 1540. The fourth-order valence-corrected chi connectivity index (χ4v) is 5.59. The zero-order chi connectivity index (χ0) is 27.0. The molecule has 1 atom stereocenters. The molecule has 1 aliphatic heterocycles. The minimum Gasteiger partial charge on any atom is -0.507 e. The second-order valence-electron chi connectivity index (χ2n) is 9.28. The number of hydrogen-bond acceptors (Lipinski definition) is 7. The maximum atomic E-state index is 13.5. The maximum absolute atomic E-state index is 13.5. The number of aliphatic hydroxyl groups excluding tert-OH is 1. The molecule has 5 rings (SSSR count). The average Bonchev–Trinajstić information content (AvgIpc) is 3.46. The molecular formula is C30H28N2O5S. The summed E-state index contributed by atoms with van der Waals surface area (Å²) in [7, 11) is 1.55. The highest BCUT2D eigenvalue weighted by molar-refractivity contribution is 7.22. The van der Waals surface area contributed by atoms with Crippen molar-refractivity contribution in [2.75, 3.05) is 18.6 Å². The Morgan fingerprint density at radius 2 is 1.71 bits per heavy atom. The van der Waals surface area contributed by atoms with Crippen LogP contribution in [-0.4, -0.2) is 35.5 Å². The van der Waals surface area contributed by atoms with E-state index in [1.165, 1.54) is 16.2 Å². The number of ether oxygens (including phenoxy) is 2. The van der Waals surface area contributed by atoms with Gasteiger partial charge in [-0.3, -0.25) is 14.5 Å². The van der Waals surface area contributed by atoms with Gasteiger partial charge in [0, 0.05) is 5.56 Å². The molecule has 1 saturated heterocycles. The Hall–Kier alpha value is -4.17. The molecule has 1 amide bonds. The monoisotopic (exact) mass is 528 g/mol. The number of ketones is 1. The van der Waals surface area contributed by atoms with Crippen molar-refractivity contribution in [3.8, 4) is 11.5 Å². The molecule has 7 nitrogen and oxygen atoms in total. The summed E-state index contributed by atoms with van der Waals surface area (Å²) in [5, 5.41) is 11.7. The van der Waals surface area contributed by atoms with Gasteiger partial charge in [0.2, 0.25) is 0 Å². The van der Waals surface area contributed by atoms with E-state index in [0.29, 0.717) is 45.8 Å². The zero-order valence-electron chi connectivity index (χ0n) is 21.6. The second-order valence-corrected chi connectivity index (χ2v) is 10.3. The van der Waals surface area contributed by atoms with Crippen LogP contribution in [0.3, 0.4) is 0 Å². The Balaban J connectivity index is 1.67. The van der Waals surface area contributed by atoms with Gasteiger partial charge >= 0.3 is 5.91 Å². The third-order valence-electron chi connectivity index (χ3n) is 6.59. The van der Waals surface area contributed by atoms with Crippen LogP contribution in [0.2, 0.25) is 0 Å². The molecular weight excluding hydrogens is 500 g/mol. The number of carbonyl (C=O) groups excluding carboxylic acids is 2. The highest BCUT2D eigenvalue weighted by atomic mass is 32.1. The summed E-state index contributed by atoms with van der Waals surface area (Å²) in [6.07, 6.45) is 0. The Morgan fingerprint density at radius 1 is 1.03 bits per heavy atom. The summed E-state index contributed by atoms with van der Waals surface area (Å²) >= 11 is 1.30. The van der Waals surface area contributed by atoms with Gasteiger partial charge < -0.3 is 14.6 Å². The lowest BCUT2D eigenvalue weighted by atomic mass is 9.93. The van der Waals surface area contributed by atoms with E-state index in [-0.39, 0.29) is 11.3 Å². The van der Waals surface area contributed by atoms with Crippen LogP contribution < -0.4 is 14.4 Å². The molecule has 1 N–H and O–H groups in total. The first-order chi connectivity index (χ1) is 18.3. The summed E-state index contributed by atoms with van der Waals surface area (Å²) in [5.41, 5.74) is 2.96. The molecule has 0 radical (unpaired) electrons. The molecule has 1 unspecified atom stereocenters. The SMILES string of the molecule is CCOc1ccc2nc(N3C(=O)C(=O)/C(=C(/O)c4ccc(OC)cc4)C3c3ccc(C(C)C)cc3)sc2c1. The van der Waals surface area contributed by atoms with Crippen molar-refractivity contribution < 1.29 is 24.2 Å². The van der Waals surface area contributed by atoms with E-state index >= 15 is 0 Å². The molecule has 38 heavy (non-hydrogen) atoms. The van der Waals surface area contributed by atoms with Crippen LogP contribution >= 0.6 is 11.3 Å². The molecule has 1 aliphatic rings. The predicted octanol–water partition coefficient (Wildman–Crippen LogP) is 6.45. The van der Waals surface area contributed by atoms with E-state index in [1.54, 1.807) is 31.4 Å². The largest absolute Gasteiger partial charge is 0.507 e. The molecule has 194 valence electrons. The number of carbonyl (C=O) groups is 2. The standard InChI is InChI=1S/C30H28N2O5S/c1-5-37-22-14-15-23-24(16-22)38-30(31-23)32-26(19-8-6-18(7-9-19)17(2)3)25(28(34)29(32)35)27(33)20-10-12-21(36-4)13-11-20/h6-17,26,33H,5H2,1-4H3/b27-25+.